The first-order chi connectivity index (χ1) is 13.1. The highest BCUT2D eigenvalue weighted by molar-refractivity contribution is 7.89. The van der Waals surface area contributed by atoms with Gasteiger partial charge in [0.05, 0.1) is 11.4 Å². The topological polar surface area (TPSA) is 105 Å². The van der Waals surface area contributed by atoms with E-state index in [0.717, 1.165) is 5.56 Å². The molecule has 1 aromatic carbocycles. The van der Waals surface area contributed by atoms with Crippen molar-refractivity contribution in [2.75, 3.05) is 6.54 Å². The van der Waals surface area contributed by atoms with Gasteiger partial charge >= 0.3 is 0 Å². The van der Waals surface area contributed by atoms with E-state index in [0.29, 0.717) is 31.1 Å². The van der Waals surface area contributed by atoms with Gasteiger partial charge in [-0.05, 0) is 31.9 Å². The molecule has 2 aromatic rings. The summed E-state index contributed by atoms with van der Waals surface area (Å²) < 4.78 is 32.4. The van der Waals surface area contributed by atoms with Crippen LogP contribution >= 0.6 is 0 Å². The normalized spacial score (nSPS) is 18.4. The van der Waals surface area contributed by atoms with Crippen molar-refractivity contribution in [3.63, 3.8) is 0 Å². The summed E-state index contributed by atoms with van der Waals surface area (Å²) in [5.41, 5.74) is 0.698. The number of amides is 1. The molecule has 0 spiro atoms. The highest BCUT2D eigenvalue weighted by atomic mass is 32.2. The lowest BCUT2D eigenvalue weighted by atomic mass is 9.97. The Hall–Kier alpha value is -2.26. The fourth-order valence-electron chi connectivity index (χ4n) is 3.05. The average molecular weight is 407 g/mol. The minimum Gasteiger partial charge on any atom is -0.347 e. The summed E-state index contributed by atoms with van der Waals surface area (Å²) in [6.07, 6.45) is 1.12. The van der Waals surface area contributed by atoms with Crippen LogP contribution < -0.4 is 5.32 Å². The summed E-state index contributed by atoms with van der Waals surface area (Å²) in [6.45, 7) is 8.17. The predicted molar refractivity (Wildman–Crippen MR) is 103 cm³/mol. The number of rotatable bonds is 5. The van der Waals surface area contributed by atoms with Crippen LogP contribution in [0.1, 0.15) is 50.9 Å². The van der Waals surface area contributed by atoms with Crippen molar-refractivity contribution in [1.29, 1.82) is 0 Å². The maximum absolute atomic E-state index is 13.0. The summed E-state index contributed by atoms with van der Waals surface area (Å²) in [5, 5.41) is 6.61. The van der Waals surface area contributed by atoms with Gasteiger partial charge in [-0.1, -0.05) is 43.6 Å². The lowest BCUT2D eigenvalue weighted by molar-refractivity contribution is -0.124. The van der Waals surface area contributed by atoms with Crippen LogP contribution in [0.3, 0.4) is 0 Å². The van der Waals surface area contributed by atoms with Crippen LogP contribution in [0.4, 0.5) is 0 Å². The fourth-order valence-corrected chi connectivity index (χ4v) is 4.71. The Labute approximate surface area is 165 Å². The molecule has 1 saturated heterocycles. The van der Waals surface area contributed by atoms with Gasteiger partial charge in [-0.15, -0.1) is 0 Å². The van der Waals surface area contributed by atoms with E-state index in [9.17, 15) is 13.2 Å². The number of nitrogens with zero attached hydrogens (tertiary/aromatic N) is 3. The van der Waals surface area contributed by atoms with Crippen molar-refractivity contribution < 1.29 is 17.7 Å². The maximum Gasteiger partial charge on any atom is 0.243 e. The van der Waals surface area contributed by atoms with Crippen LogP contribution in [-0.2, 0) is 26.8 Å². The van der Waals surface area contributed by atoms with Crippen molar-refractivity contribution in [1.82, 2.24) is 19.8 Å². The fraction of sp³-hybridized carbons (Fsp3) is 0.526. The molecule has 1 aliphatic heterocycles. The second kappa shape index (κ2) is 7.63. The molecule has 1 aliphatic rings. The Bertz CT molecular complexity index is 945. The zero-order chi connectivity index (χ0) is 20.5. The molecule has 1 amide bonds. The van der Waals surface area contributed by atoms with Crippen LogP contribution in [0.25, 0.3) is 0 Å². The van der Waals surface area contributed by atoms with Crippen molar-refractivity contribution in [2.45, 2.75) is 63.4 Å². The van der Waals surface area contributed by atoms with Crippen molar-refractivity contribution in [2.24, 2.45) is 0 Å². The quantitative estimate of drug-likeness (QED) is 0.816. The summed E-state index contributed by atoms with van der Waals surface area (Å²) >= 11 is 0. The molecule has 3 rings (SSSR count). The summed E-state index contributed by atoms with van der Waals surface area (Å²) in [7, 11) is -3.73. The van der Waals surface area contributed by atoms with Gasteiger partial charge in [0.2, 0.25) is 21.8 Å². The standard InChI is InChI=1S/C19H26N4O4S/c1-13-7-9-14(10-8-13)28(25,26)23-11-5-6-15(23)17(24)20-12-16-21-18(27-22-16)19(2,3)4/h7-10,15H,5-6,11-12H2,1-4H3,(H,20,24)/t15-/m0/s1. The van der Waals surface area contributed by atoms with Gasteiger partial charge in [-0.2, -0.15) is 9.29 Å². The molecule has 1 aromatic heterocycles. The van der Waals surface area contributed by atoms with Crippen molar-refractivity contribution in [3.8, 4) is 0 Å². The molecule has 0 aliphatic carbocycles. The molecule has 0 saturated carbocycles. The van der Waals surface area contributed by atoms with Gasteiger partial charge in [0, 0.05) is 12.0 Å². The van der Waals surface area contributed by atoms with Gasteiger partial charge in [-0.3, -0.25) is 4.79 Å². The van der Waals surface area contributed by atoms with Crippen molar-refractivity contribution in [3.05, 3.63) is 41.5 Å². The molecule has 0 radical (unpaired) electrons. The average Bonchev–Trinajstić information content (AvgIpc) is 3.29. The third-order valence-corrected chi connectivity index (χ3v) is 6.59. The SMILES string of the molecule is Cc1ccc(S(=O)(=O)N2CCC[C@H]2C(=O)NCc2noc(C(C)(C)C)n2)cc1. The molecule has 9 heteroatoms. The van der Waals surface area contributed by atoms with Gasteiger partial charge < -0.3 is 9.84 Å². The number of sulfonamides is 1. The van der Waals surface area contributed by atoms with Crippen molar-refractivity contribution >= 4 is 15.9 Å². The van der Waals surface area contributed by atoms with E-state index >= 15 is 0 Å². The molecule has 152 valence electrons. The number of nitrogens with one attached hydrogen (secondary N) is 1. The molecule has 0 bridgehead atoms. The van der Waals surface area contributed by atoms with Crippen LogP contribution in [0.2, 0.25) is 0 Å². The largest absolute Gasteiger partial charge is 0.347 e. The highest BCUT2D eigenvalue weighted by Gasteiger charge is 2.39. The minimum absolute atomic E-state index is 0.0906. The Kier molecular flexibility index (Phi) is 5.58. The molecule has 2 heterocycles. The molecule has 28 heavy (non-hydrogen) atoms. The third kappa shape index (κ3) is 4.25. The predicted octanol–water partition coefficient (Wildman–Crippen LogP) is 2.15. The molecule has 1 N–H and O–H groups in total. The number of hydrogen-bond donors (Lipinski definition) is 1. The van der Waals surface area contributed by atoms with E-state index in [1.54, 1.807) is 24.3 Å². The van der Waals surface area contributed by atoms with Crippen LogP contribution in [0.15, 0.2) is 33.7 Å². The number of aryl methyl sites for hydroxylation is 1. The maximum atomic E-state index is 13.0. The number of carbonyl (C=O) groups is 1. The van der Waals surface area contributed by atoms with Gasteiger partial charge in [0.1, 0.15) is 6.04 Å². The van der Waals surface area contributed by atoms with E-state index in [1.165, 1.54) is 4.31 Å². The minimum atomic E-state index is -3.73. The Balaban J connectivity index is 1.69. The summed E-state index contributed by atoms with van der Waals surface area (Å²) in [5.74, 6) is 0.501. The van der Waals surface area contributed by atoms with E-state index < -0.39 is 16.1 Å². The Morgan fingerprint density at radius 3 is 2.57 bits per heavy atom. The highest BCUT2D eigenvalue weighted by Crippen LogP contribution is 2.26. The number of carbonyl (C=O) groups excluding carboxylic acids is 1. The second-order valence-electron chi connectivity index (χ2n) is 8.07. The third-order valence-electron chi connectivity index (χ3n) is 4.66. The number of aromatic nitrogens is 2. The molecule has 1 fully saturated rings. The zero-order valence-corrected chi connectivity index (χ0v) is 17.4. The number of benzene rings is 1. The van der Waals surface area contributed by atoms with Crippen LogP contribution in [0.5, 0.6) is 0 Å². The first-order valence-corrected chi connectivity index (χ1v) is 10.7. The Morgan fingerprint density at radius 1 is 1.29 bits per heavy atom. The van der Waals surface area contributed by atoms with E-state index in [2.05, 4.69) is 15.5 Å². The molecular weight excluding hydrogens is 380 g/mol. The summed E-state index contributed by atoms with van der Waals surface area (Å²) in [4.78, 5) is 17.1. The van der Waals surface area contributed by atoms with Gasteiger partial charge in [-0.25, -0.2) is 8.42 Å². The monoisotopic (exact) mass is 406 g/mol. The lowest BCUT2D eigenvalue weighted by Gasteiger charge is -2.23. The molecule has 8 nitrogen and oxygen atoms in total. The van der Waals surface area contributed by atoms with E-state index in [-0.39, 0.29) is 22.8 Å². The smallest absolute Gasteiger partial charge is 0.243 e. The van der Waals surface area contributed by atoms with Crippen LogP contribution in [-0.4, -0.2) is 41.4 Å². The van der Waals surface area contributed by atoms with E-state index in [4.69, 9.17) is 4.52 Å². The molecule has 0 unspecified atom stereocenters. The van der Waals surface area contributed by atoms with E-state index in [1.807, 2.05) is 27.7 Å². The van der Waals surface area contributed by atoms with Gasteiger partial charge in [0.15, 0.2) is 5.82 Å². The zero-order valence-electron chi connectivity index (χ0n) is 16.6. The summed E-state index contributed by atoms with van der Waals surface area (Å²) in [6, 6.07) is 5.92. The first kappa shape index (κ1) is 20.5. The lowest BCUT2D eigenvalue weighted by Crippen LogP contribution is -2.45. The number of hydrogen-bond acceptors (Lipinski definition) is 6. The molecule has 1 atom stereocenters. The molecular formula is C19H26N4O4S. The second-order valence-corrected chi connectivity index (χ2v) is 9.96. The van der Waals surface area contributed by atoms with Crippen LogP contribution in [0, 0.1) is 6.92 Å². The first-order valence-electron chi connectivity index (χ1n) is 9.28. The van der Waals surface area contributed by atoms with Gasteiger partial charge in [0.25, 0.3) is 0 Å². The Morgan fingerprint density at radius 2 is 1.96 bits per heavy atom.